The number of carbonyl (C=O) groups excluding carboxylic acids is 1. The van der Waals surface area contributed by atoms with Crippen LogP contribution in [0, 0.1) is 5.82 Å². The fraction of sp³-hybridized carbons (Fsp3) is 0.385. The normalized spacial score (nSPS) is 20.4. The average molecular weight is 288 g/mol. The Morgan fingerprint density at radius 3 is 2.50 bits per heavy atom. The lowest BCUT2D eigenvalue weighted by Crippen LogP contribution is -2.55. The molecular weight excluding hydrogens is 276 g/mol. The Bertz CT molecular complexity index is 520. The predicted octanol–water partition coefficient (Wildman–Crippen LogP) is 1.88. The summed E-state index contributed by atoms with van der Waals surface area (Å²) in [5, 5.41) is 2.42. The quantitative estimate of drug-likeness (QED) is 0.666. The molecule has 0 aromatic heterocycles. The maximum absolute atomic E-state index is 13.1. The van der Waals surface area contributed by atoms with Gasteiger partial charge in [-0.15, -0.1) is 0 Å². The van der Waals surface area contributed by atoms with Crippen LogP contribution in [-0.4, -0.2) is 36.1 Å². The lowest BCUT2D eigenvalue weighted by atomic mass is 10.1. The lowest BCUT2D eigenvalue weighted by Gasteiger charge is -2.37. The lowest BCUT2D eigenvalue weighted by molar-refractivity contribution is -0.179. The molecule has 0 amide bonds. The zero-order chi connectivity index (χ0) is 14.8. The summed E-state index contributed by atoms with van der Waals surface area (Å²) < 4.78 is 52.0. The maximum atomic E-state index is 13.1. The van der Waals surface area contributed by atoms with Crippen molar-refractivity contribution in [3.05, 3.63) is 41.3 Å². The van der Waals surface area contributed by atoms with Crippen LogP contribution < -0.4 is 5.32 Å². The van der Waals surface area contributed by atoms with Crippen LogP contribution in [0.3, 0.4) is 0 Å². The SMILES string of the molecule is O=C=C1NCCN(Cc2ccc(F)cc2)C1C(F)(F)F. The molecule has 0 bridgehead atoms. The Labute approximate surface area is 112 Å². The van der Waals surface area contributed by atoms with Crippen LogP contribution in [0.15, 0.2) is 30.0 Å². The van der Waals surface area contributed by atoms with Crippen molar-refractivity contribution < 1.29 is 22.4 Å². The summed E-state index contributed by atoms with van der Waals surface area (Å²) in [6.45, 7) is 0.350. The highest BCUT2D eigenvalue weighted by atomic mass is 19.4. The number of nitrogens with zero attached hydrogens (tertiary/aromatic N) is 1. The van der Waals surface area contributed by atoms with Crippen LogP contribution in [0.1, 0.15) is 5.56 Å². The van der Waals surface area contributed by atoms with E-state index in [9.17, 15) is 22.4 Å². The largest absolute Gasteiger partial charge is 0.410 e. The van der Waals surface area contributed by atoms with E-state index in [1.807, 2.05) is 0 Å². The number of nitrogens with one attached hydrogen (secondary N) is 1. The minimum atomic E-state index is -4.57. The third kappa shape index (κ3) is 3.18. The van der Waals surface area contributed by atoms with Gasteiger partial charge in [0.1, 0.15) is 17.5 Å². The second kappa shape index (κ2) is 5.64. The molecule has 1 unspecified atom stereocenters. The number of piperazine rings is 1. The van der Waals surface area contributed by atoms with Crippen molar-refractivity contribution in [2.24, 2.45) is 0 Å². The standard InChI is InChI=1S/C13H12F4N2O/c14-10-3-1-9(2-4-10)7-19-6-5-18-11(8-20)12(19)13(15,16)17/h1-4,12,18H,5-7H2. The maximum Gasteiger partial charge on any atom is 0.410 e. The van der Waals surface area contributed by atoms with E-state index in [1.54, 1.807) is 0 Å². The molecule has 7 heteroatoms. The van der Waals surface area contributed by atoms with Crippen LogP contribution in [0.25, 0.3) is 0 Å². The van der Waals surface area contributed by atoms with Crippen LogP contribution in [-0.2, 0) is 11.3 Å². The van der Waals surface area contributed by atoms with Crippen molar-refractivity contribution in [2.45, 2.75) is 18.8 Å². The predicted molar refractivity (Wildman–Crippen MR) is 63.9 cm³/mol. The first kappa shape index (κ1) is 14.6. The molecule has 1 aliphatic heterocycles. The summed E-state index contributed by atoms with van der Waals surface area (Å²) in [5.74, 6) is 0.870. The van der Waals surface area contributed by atoms with Gasteiger partial charge in [0.05, 0.1) is 0 Å². The van der Waals surface area contributed by atoms with Gasteiger partial charge >= 0.3 is 6.18 Å². The molecule has 1 saturated heterocycles. The molecule has 108 valence electrons. The van der Waals surface area contributed by atoms with E-state index in [-0.39, 0.29) is 19.6 Å². The molecule has 1 aliphatic rings. The van der Waals surface area contributed by atoms with Gasteiger partial charge in [-0.2, -0.15) is 13.2 Å². The molecule has 0 spiro atoms. The molecule has 1 N–H and O–H groups in total. The van der Waals surface area contributed by atoms with Gasteiger partial charge in [0, 0.05) is 19.6 Å². The Kier molecular flexibility index (Phi) is 4.11. The highest BCUT2D eigenvalue weighted by Gasteiger charge is 2.48. The summed E-state index contributed by atoms with van der Waals surface area (Å²) in [7, 11) is 0. The molecule has 2 rings (SSSR count). The van der Waals surface area contributed by atoms with Crippen LogP contribution in [0.4, 0.5) is 17.6 Å². The van der Waals surface area contributed by atoms with E-state index < -0.39 is 23.7 Å². The third-order valence-electron chi connectivity index (χ3n) is 3.07. The molecule has 1 heterocycles. The van der Waals surface area contributed by atoms with Crippen molar-refractivity contribution >= 4 is 5.94 Å². The van der Waals surface area contributed by atoms with Gasteiger partial charge < -0.3 is 5.32 Å². The van der Waals surface area contributed by atoms with Gasteiger partial charge in [-0.3, -0.25) is 4.90 Å². The fourth-order valence-electron chi connectivity index (χ4n) is 2.20. The van der Waals surface area contributed by atoms with Crippen molar-refractivity contribution in [1.82, 2.24) is 10.2 Å². The highest BCUT2D eigenvalue weighted by Crippen LogP contribution is 2.30. The fourth-order valence-corrected chi connectivity index (χ4v) is 2.20. The van der Waals surface area contributed by atoms with Crippen molar-refractivity contribution in [3.8, 4) is 0 Å². The summed E-state index contributed by atoms with van der Waals surface area (Å²) in [6.07, 6.45) is -4.57. The molecule has 0 aliphatic carbocycles. The molecule has 3 nitrogen and oxygen atoms in total. The Balaban J connectivity index is 2.23. The van der Waals surface area contributed by atoms with Gasteiger partial charge in [0.25, 0.3) is 0 Å². The molecule has 20 heavy (non-hydrogen) atoms. The second-order valence-corrected chi connectivity index (χ2v) is 4.48. The number of alkyl halides is 3. The summed E-state index contributed by atoms with van der Waals surface area (Å²) in [6, 6.07) is 3.23. The van der Waals surface area contributed by atoms with Crippen molar-refractivity contribution in [1.29, 1.82) is 0 Å². The minimum absolute atomic E-state index is 0.0166. The van der Waals surface area contributed by atoms with E-state index in [2.05, 4.69) is 5.32 Å². The zero-order valence-electron chi connectivity index (χ0n) is 10.4. The molecule has 1 aromatic carbocycles. The summed E-state index contributed by atoms with van der Waals surface area (Å²) >= 11 is 0. The van der Waals surface area contributed by atoms with Crippen LogP contribution >= 0.6 is 0 Å². The third-order valence-corrected chi connectivity index (χ3v) is 3.07. The van der Waals surface area contributed by atoms with Crippen molar-refractivity contribution in [3.63, 3.8) is 0 Å². The van der Waals surface area contributed by atoms with Gasteiger partial charge in [-0.1, -0.05) is 12.1 Å². The molecule has 1 fully saturated rings. The van der Waals surface area contributed by atoms with E-state index in [4.69, 9.17) is 0 Å². The first-order valence-electron chi connectivity index (χ1n) is 5.96. The van der Waals surface area contributed by atoms with E-state index in [0.29, 0.717) is 5.56 Å². The first-order chi connectivity index (χ1) is 9.41. The smallest absolute Gasteiger partial charge is 0.377 e. The molecule has 1 aromatic rings. The number of rotatable bonds is 2. The van der Waals surface area contributed by atoms with E-state index in [1.165, 1.54) is 30.2 Å². The Hall–Kier alpha value is -1.85. The number of hydrogen-bond donors (Lipinski definition) is 1. The highest BCUT2D eigenvalue weighted by molar-refractivity contribution is 5.54. The van der Waals surface area contributed by atoms with Gasteiger partial charge in [0.15, 0.2) is 6.04 Å². The molecule has 1 atom stereocenters. The van der Waals surface area contributed by atoms with Gasteiger partial charge in [-0.05, 0) is 17.7 Å². The molecular formula is C13H12F4N2O. The second-order valence-electron chi connectivity index (χ2n) is 4.48. The number of benzene rings is 1. The Morgan fingerprint density at radius 1 is 1.30 bits per heavy atom. The molecule has 0 saturated carbocycles. The minimum Gasteiger partial charge on any atom is -0.377 e. The average Bonchev–Trinajstić information content (AvgIpc) is 2.40. The van der Waals surface area contributed by atoms with Crippen molar-refractivity contribution in [2.75, 3.05) is 13.1 Å². The van der Waals surface area contributed by atoms with E-state index in [0.717, 1.165) is 4.90 Å². The topological polar surface area (TPSA) is 32.3 Å². The zero-order valence-corrected chi connectivity index (χ0v) is 10.4. The van der Waals surface area contributed by atoms with Crippen LogP contribution in [0.5, 0.6) is 0 Å². The monoisotopic (exact) mass is 288 g/mol. The number of halogens is 4. The molecule has 0 radical (unpaired) electrons. The number of hydrogen-bond acceptors (Lipinski definition) is 3. The Morgan fingerprint density at radius 2 is 1.95 bits per heavy atom. The first-order valence-corrected chi connectivity index (χ1v) is 5.96. The van der Waals surface area contributed by atoms with Gasteiger partial charge in [0.2, 0.25) is 0 Å². The van der Waals surface area contributed by atoms with E-state index >= 15 is 0 Å². The summed E-state index contributed by atoms with van der Waals surface area (Å²) in [5.41, 5.74) is 0.0404. The summed E-state index contributed by atoms with van der Waals surface area (Å²) in [4.78, 5) is 11.8. The van der Waals surface area contributed by atoms with Crippen LogP contribution in [0.2, 0.25) is 0 Å². The van der Waals surface area contributed by atoms with Gasteiger partial charge in [-0.25, -0.2) is 9.18 Å².